The van der Waals surface area contributed by atoms with Crippen LogP contribution in [0.15, 0.2) is 60.7 Å². The van der Waals surface area contributed by atoms with E-state index in [2.05, 4.69) is 26.0 Å². The minimum Gasteiger partial charge on any atom is -0.346 e. The molecule has 2 saturated heterocycles. The van der Waals surface area contributed by atoms with Gasteiger partial charge in [-0.3, -0.25) is 0 Å². The molecule has 0 amide bonds. The first-order chi connectivity index (χ1) is 15.3. The Kier molecular flexibility index (Phi) is 8.76. The lowest BCUT2D eigenvalue weighted by Gasteiger charge is -2.48. The summed E-state index contributed by atoms with van der Waals surface area (Å²) < 4.78 is 25.9. The summed E-state index contributed by atoms with van der Waals surface area (Å²) in [6, 6.07) is 20.3. The van der Waals surface area contributed by atoms with E-state index in [4.69, 9.17) is 18.9 Å². The van der Waals surface area contributed by atoms with E-state index in [1.54, 1.807) is 0 Å². The van der Waals surface area contributed by atoms with Crippen LogP contribution in [0, 0.1) is 0 Å². The molecule has 0 radical (unpaired) electrons. The second-order valence-electron chi connectivity index (χ2n) is 7.80. The Balaban J connectivity index is 1.58. The maximum atomic E-state index is 6.64. The predicted octanol–water partition coefficient (Wildman–Crippen LogP) is 6.20. The maximum absolute atomic E-state index is 6.64. The molecular weight excluding hydrogens is 428 g/mol. The summed E-state index contributed by atoms with van der Waals surface area (Å²) in [5, 5.41) is 0. The lowest BCUT2D eigenvalue weighted by Crippen LogP contribution is -2.56. The summed E-state index contributed by atoms with van der Waals surface area (Å²) >= 11 is 3.96. The van der Waals surface area contributed by atoms with Crippen LogP contribution in [0.1, 0.15) is 50.4 Å². The molecule has 0 saturated carbocycles. The highest BCUT2D eigenvalue weighted by molar-refractivity contribution is 8.17. The van der Waals surface area contributed by atoms with Gasteiger partial charge in [-0.2, -0.15) is 0 Å². The van der Waals surface area contributed by atoms with Gasteiger partial charge in [-0.25, -0.2) is 0 Å². The van der Waals surface area contributed by atoms with Gasteiger partial charge >= 0.3 is 0 Å². The average Bonchev–Trinajstić information content (AvgIpc) is 2.84. The average molecular weight is 461 g/mol. The standard InChI is InChI=1S/C25H32O4S2/c1-3-15-30-25(31-16-4-2)22-21-20(27-24(29-22)19-13-9-6-10-14-19)17-26-23(28-21)18-11-7-5-8-12-18/h5-14,20-25H,3-4,15-17H2,1-2H3/t20-,21-,22+,23+,24+/m1/s1. The van der Waals surface area contributed by atoms with Crippen molar-refractivity contribution in [1.29, 1.82) is 0 Å². The van der Waals surface area contributed by atoms with E-state index in [0.29, 0.717) is 6.61 Å². The van der Waals surface area contributed by atoms with Gasteiger partial charge < -0.3 is 18.9 Å². The van der Waals surface area contributed by atoms with Crippen LogP contribution in [0.2, 0.25) is 0 Å². The predicted molar refractivity (Wildman–Crippen MR) is 128 cm³/mol. The fourth-order valence-corrected chi connectivity index (χ4v) is 6.56. The van der Waals surface area contributed by atoms with Crippen molar-refractivity contribution in [2.75, 3.05) is 18.1 Å². The van der Waals surface area contributed by atoms with Crippen molar-refractivity contribution in [3.05, 3.63) is 71.8 Å². The van der Waals surface area contributed by atoms with Crippen molar-refractivity contribution >= 4 is 23.5 Å². The topological polar surface area (TPSA) is 36.9 Å². The molecule has 4 rings (SSSR count). The zero-order chi connectivity index (χ0) is 21.5. The van der Waals surface area contributed by atoms with E-state index >= 15 is 0 Å². The van der Waals surface area contributed by atoms with Crippen molar-refractivity contribution < 1.29 is 18.9 Å². The Morgan fingerprint density at radius 3 is 1.94 bits per heavy atom. The molecule has 0 aliphatic carbocycles. The lowest BCUT2D eigenvalue weighted by molar-refractivity contribution is -0.361. The van der Waals surface area contributed by atoms with Crippen molar-refractivity contribution in [3.8, 4) is 0 Å². The summed E-state index contributed by atoms with van der Waals surface area (Å²) in [6.07, 6.45) is 1.09. The monoisotopic (exact) mass is 460 g/mol. The number of rotatable bonds is 9. The molecule has 2 heterocycles. The van der Waals surface area contributed by atoms with Crippen LogP contribution in [-0.4, -0.2) is 41.0 Å². The van der Waals surface area contributed by atoms with Crippen LogP contribution in [0.3, 0.4) is 0 Å². The van der Waals surface area contributed by atoms with Crippen molar-refractivity contribution in [3.63, 3.8) is 0 Å². The minimum absolute atomic E-state index is 0.0767. The lowest BCUT2D eigenvalue weighted by atomic mass is 10.0. The fraction of sp³-hybridized carbons (Fsp3) is 0.520. The van der Waals surface area contributed by atoms with Crippen LogP contribution < -0.4 is 0 Å². The highest BCUT2D eigenvalue weighted by atomic mass is 32.2. The van der Waals surface area contributed by atoms with E-state index in [1.165, 1.54) is 0 Å². The molecule has 6 heteroatoms. The second-order valence-corrected chi connectivity index (χ2v) is 10.6. The van der Waals surface area contributed by atoms with Gasteiger partial charge in [-0.1, -0.05) is 74.5 Å². The molecule has 2 aromatic rings. The van der Waals surface area contributed by atoms with Crippen LogP contribution in [0.5, 0.6) is 0 Å². The third-order valence-corrected chi connectivity index (χ3v) is 8.64. The molecule has 5 atom stereocenters. The fourth-order valence-electron chi connectivity index (χ4n) is 3.84. The zero-order valence-corrected chi connectivity index (χ0v) is 19.9. The molecule has 0 unspecified atom stereocenters. The highest BCUT2D eigenvalue weighted by Crippen LogP contribution is 2.43. The van der Waals surface area contributed by atoms with Crippen LogP contribution in [-0.2, 0) is 18.9 Å². The molecule has 2 fully saturated rings. The quantitative estimate of drug-likeness (QED) is 0.415. The zero-order valence-electron chi connectivity index (χ0n) is 18.2. The van der Waals surface area contributed by atoms with Gasteiger partial charge in [0, 0.05) is 11.1 Å². The first kappa shape index (κ1) is 23.1. The molecular formula is C25H32O4S2. The van der Waals surface area contributed by atoms with Gasteiger partial charge in [-0.15, -0.1) is 23.5 Å². The van der Waals surface area contributed by atoms with Crippen LogP contribution in [0.4, 0.5) is 0 Å². The molecule has 0 bridgehead atoms. The largest absolute Gasteiger partial charge is 0.346 e. The van der Waals surface area contributed by atoms with Gasteiger partial charge in [0.1, 0.15) is 18.3 Å². The second kappa shape index (κ2) is 11.7. The number of hydrogen-bond acceptors (Lipinski definition) is 6. The minimum atomic E-state index is -0.403. The first-order valence-electron chi connectivity index (χ1n) is 11.2. The Morgan fingerprint density at radius 2 is 1.35 bits per heavy atom. The molecule has 2 aliphatic rings. The number of fused-ring (bicyclic) bond motifs is 1. The van der Waals surface area contributed by atoms with Gasteiger partial charge in [0.05, 0.1) is 11.2 Å². The molecule has 2 aliphatic heterocycles. The Morgan fingerprint density at radius 1 is 0.774 bits per heavy atom. The maximum Gasteiger partial charge on any atom is 0.184 e. The Labute approximate surface area is 194 Å². The summed E-state index contributed by atoms with van der Waals surface area (Å²) in [5.41, 5.74) is 2.07. The van der Waals surface area contributed by atoms with Crippen molar-refractivity contribution in [2.24, 2.45) is 0 Å². The highest BCUT2D eigenvalue weighted by Gasteiger charge is 2.48. The van der Waals surface area contributed by atoms with Crippen LogP contribution in [0.25, 0.3) is 0 Å². The van der Waals surface area contributed by atoms with E-state index in [9.17, 15) is 0 Å². The normalized spacial score (nSPS) is 28.4. The van der Waals surface area contributed by atoms with E-state index < -0.39 is 12.6 Å². The van der Waals surface area contributed by atoms with Crippen molar-refractivity contribution in [2.45, 2.75) is 62.2 Å². The van der Waals surface area contributed by atoms with E-state index in [-0.39, 0.29) is 22.9 Å². The summed E-state index contributed by atoms with van der Waals surface area (Å²) in [4.78, 5) is 0. The van der Waals surface area contributed by atoms with Gasteiger partial charge in [0.15, 0.2) is 12.6 Å². The van der Waals surface area contributed by atoms with Gasteiger partial charge in [0.2, 0.25) is 0 Å². The molecule has 4 nitrogen and oxygen atoms in total. The van der Waals surface area contributed by atoms with Gasteiger partial charge in [-0.05, 0) is 24.3 Å². The number of ether oxygens (including phenoxy) is 4. The third-order valence-electron chi connectivity index (χ3n) is 5.35. The number of benzene rings is 2. The van der Waals surface area contributed by atoms with E-state index in [1.807, 2.05) is 72.1 Å². The SMILES string of the molecule is CCCSC(SCCC)[C@H]1O[C@@H](c2ccccc2)O[C@@H]2CO[C@H](c3ccccc3)O[C@@H]12. The van der Waals surface area contributed by atoms with Crippen molar-refractivity contribution in [1.82, 2.24) is 0 Å². The Bertz CT molecular complexity index is 768. The summed E-state index contributed by atoms with van der Waals surface area (Å²) in [6.45, 7) is 4.95. The molecule has 168 valence electrons. The molecule has 2 aromatic carbocycles. The summed E-state index contributed by atoms with van der Waals surface area (Å²) in [5.74, 6) is 2.21. The first-order valence-corrected chi connectivity index (χ1v) is 13.3. The molecule has 0 aromatic heterocycles. The molecule has 31 heavy (non-hydrogen) atoms. The number of thioether (sulfide) groups is 2. The smallest absolute Gasteiger partial charge is 0.184 e. The third kappa shape index (κ3) is 5.86. The van der Waals surface area contributed by atoms with E-state index in [0.717, 1.165) is 35.5 Å². The number of hydrogen-bond donors (Lipinski definition) is 0. The van der Waals surface area contributed by atoms with Gasteiger partial charge in [0.25, 0.3) is 0 Å². The molecule has 0 N–H and O–H groups in total. The van der Waals surface area contributed by atoms with Crippen LogP contribution >= 0.6 is 23.5 Å². The Hall–Kier alpha value is -1.02. The molecule has 0 spiro atoms. The summed E-state index contributed by atoms with van der Waals surface area (Å²) in [7, 11) is 0.